The van der Waals surface area contributed by atoms with Crippen molar-refractivity contribution < 1.29 is 33.5 Å². The molecule has 0 bridgehead atoms. The Morgan fingerprint density at radius 3 is 2.36 bits per heavy atom. The van der Waals surface area contributed by atoms with Crippen LogP contribution < -0.4 is 4.57 Å². The van der Waals surface area contributed by atoms with Crippen LogP contribution >= 0.6 is 15.0 Å². The summed E-state index contributed by atoms with van der Waals surface area (Å²) in [5.41, 5.74) is 1.59. The minimum Gasteiger partial charge on any atom is -0.365 e. The average molecular weight is 346 g/mol. The molecule has 0 aliphatic rings. The van der Waals surface area contributed by atoms with Crippen LogP contribution in [0.2, 0.25) is 0 Å². The van der Waals surface area contributed by atoms with Crippen molar-refractivity contribution in [2.45, 2.75) is 18.6 Å². The largest absolute Gasteiger partial charge is 0.373 e. The standard InChI is InChI=1S/C13H17NO6P2/c1-10-5-6-12-11(8-10)4-3-7-14(12)9-13(15,21(2,16)17)22(18,19)20/h3-8,15H,9H2,1-2H3,(H2-,16,17,18,19,20)/p+1. The molecule has 0 spiro atoms. The van der Waals surface area contributed by atoms with Crippen LogP contribution in [-0.4, -0.2) is 31.5 Å². The van der Waals surface area contributed by atoms with E-state index in [1.807, 2.05) is 13.0 Å². The molecule has 0 aliphatic carbocycles. The molecule has 0 fully saturated rings. The number of rotatable bonds is 4. The molecule has 22 heavy (non-hydrogen) atoms. The number of aliphatic hydroxyl groups is 1. The molecule has 2 atom stereocenters. The number of aryl methyl sites for hydroxylation is 1. The third-order valence-corrected chi connectivity index (χ3v) is 7.99. The van der Waals surface area contributed by atoms with E-state index in [2.05, 4.69) is 0 Å². The lowest BCUT2D eigenvalue weighted by Gasteiger charge is -2.28. The normalized spacial score (nSPS) is 17.9. The van der Waals surface area contributed by atoms with E-state index in [1.54, 1.807) is 24.3 Å². The molecule has 4 N–H and O–H groups in total. The lowest BCUT2D eigenvalue weighted by molar-refractivity contribution is -0.678. The molecule has 0 saturated heterocycles. The van der Waals surface area contributed by atoms with E-state index in [9.17, 15) is 28.9 Å². The van der Waals surface area contributed by atoms with Gasteiger partial charge in [0.15, 0.2) is 12.7 Å². The van der Waals surface area contributed by atoms with E-state index in [4.69, 9.17) is 0 Å². The Balaban J connectivity index is 2.62. The van der Waals surface area contributed by atoms with Gasteiger partial charge >= 0.3 is 12.7 Å². The molecule has 2 unspecified atom stereocenters. The molecule has 9 heteroatoms. The van der Waals surface area contributed by atoms with Crippen molar-refractivity contribution in [3.05, 3.63) is 42.1 Å². The summed E-state index contributed by atoms with van der Waals surface area (Å²) in [7, 11) is -9.73. The number of fused-ring (bicyclic) bond motifs is 1. The molecule has 2 rings (SSSR count). The van der Waals surface area contributed by atoms with Gasteiger partial charge in [0.25, 0.3) is 0 Å². The van der Waals surface area contributed by atoms with Gasteiger partial charge in [-0.05, 0) is 19.1 Å². The van der Waals surface area contributed by atoms with Gasteiger partial charge in [0.2, 0.25) is 12.9 Å². The highest BCUT2D eigenvalue weighted by atomic mass is 31.2. The van der Waals surface area contributed by atoms with Crippen LogP contribution in [0.15, 0.2) is 36.5 Å². The summed E-state index contributed by atoms with van der Waals surface area (Å²) in [6.45, 7) is 1.95. The van der Waals surface area contributed by atoms with Gasteiger partial charge in [-0.3, -0.25) is 9.13 Å². The molecule has 1 heterocycles. The zero-order valence-electron chi connectivity index (χ0n) is 12.1. The van der Waals surface area contributed by atoms with Crippen LogP contribution in [-0.2, 0) is 15.7 Å². The summed E-state index contributed by atoms with van der Waals surface area (Å²) >= 11 is 0. The van der Waals surface area contributed by atoms with E-state index >= 15 is 0 Å². The van der Waals surface area contributed by atoms with E-state index in [1.165, 1.54) is 10.8 Å². The van der Waals surface area contributed by atoms with Crippen molar-refractivity contribution in [2.24, 2.45) is 0 Å². The monoisotopic (exact) mass is 346 g/mol. The van der Waals surface area contributed by atoms with E-state index < -0.39 is 26.6 Å². The summed E-state index contributed by atoms with van der Waals surface area (Å²) in [6, 6.07) is 8.84. The Kier molecular flexibility index (Phi) is 4.35. The number of hydrogen-bond donors (Lipinski definition) is 4. The van der Waals surface area contributed by atoms with Gasteiger partial charge in [-0.2, -0.15) is 4.57 Å². The SMILES string of the molecule is Cc1ccc2c(ccc[n+]2CC(O)(P(C)(=O)O)P(=O)(O)O)c1. The number of nitrogens with zero attached hydrogens (tertiary/aromatic N) is 1. The van der Waals surface area contributed by atoms with Crippen molar-refractivity contribution in [1.82, 2.24) is 0 Å². The fraction of sp³-hybridized carbons (Fsp3) is 0.308. The number of hydrogen-bond acceptors (Lipinski definition) is 3. The van der Waals surface area contributed by atoms with Crippen molar-refractivity contribution in [2.75, 3.05) is 6.66 Å². The Bertz CT molecular complexity index is 787. The Morgan fingerprint density at radius 1 is 1.18 bits per heavy atom. The van der Waals surface area contributed by atoms with Gasteiger partial charge in [-0.1, -0.05) is 11.6 Å². The van der Waals surface area contributed by atoms with Gasteiger partial charge in [0.1, 0.15) is 0 Å². The molecule has 7 nitrogen and oxygen atoms in total. The maximum atomic E-state index is 11.9. The second kappa shape index (κ2) is 5.53. The maximum absolute atomic E-state index is 11.9. The van der Waals surface area contributed by atoms with Crippen molar-refractivity contribution >= 4 is 25.9 Å². The second-order valence-corrected chi connectivity index (χ2v) is 10.1. The predicted molar refractivity (Wildman–Crippen MR) is 81.6 cm³/mol. The fourth-order valence-corrected chi connectivity index (χ4v) is 4.92. The van der Waals surface area contributed by atoms with E-state index in [-0.39, 0.29) is 0 Å². The van der Waals surface area contributed by atoms with Gasteiger partial charge in [-0.15, -0.1) is 0 Å². The zero-order chi connectivity index (χ0) is 16.8. The highest BCUT2D eigenvalue weighted by Crippen LogP contribution is 2.67. The lowest BCUT2D eigenvalue weighted by atomic mass is 10.1. The number of aromatic nitrogens is 1. The van der Waals surface area contributed by atoms with Gasteiger partial charge < -0.3 is 19.8 Å². The topological polar surface area (TPSA) is 119 Å². The van der Waals surface area contributed by atoms with Crippen molar-refractivity contribution in [3.8, 4) is 0 Å². The van der Waals surface area contributed by atoms with Gasteiger partial charge in [-0.25, -0.2) is 0 Å². The molecule has 0 radical (unpaired) electrons. The first-order valence-electron chi connectivity index (χ1n) is 6.43. The quantitative estimate of drug-likeness (QED) is 0.487. The maximum Gasteiger partial charge on any atom is 0.373 e. The lowest BCUT2D eigenvalue weighted by Crippen LogP contribution is -2.47. The average Bonchev–Trinajstić information content (AvgIpc) is 2.35. The van der Waals surface area contributed by atoms with Gasteiger partial charge in [0, 0.05) is 24.2 Å². The molecule has 1 aromatic heterocycles. The molecule has 120 valence electrons. The summed E-state index contributed by atoms with van der Waals surface area (Å²) in [4.78, 5) is 28.4. The molecule has 1 aromatic carbocycles. The van der Waals surface area contributed by atoms with E-state index in [0.29, 0.717) is 5.52 Å². The Hall–Kier alpha value is -1.07. The van der Waals surface area contributed by atoms with Crippen molar-refractivity contribution in [3.63, 3.8) is 0 Å². The molecule has 0 aliphatic heterocycles. The minimum absolute atomic E-state index is 0.591. The summed E-state index contributed by atoms with van der Waals surface area (Å²) < 4.78 is 24.8. The molecule has 0 amide bonds. The predicted octanol–water partition coefficient (Wildman–Crippen LogP) is 1.16. The Morgan fingerprint density at radius 2 is 1.82 bits per heavy atom. The first-order chi connectivity index (χ1) is 9.96. The summed E-state index contributed by atoms with van der Waals surface area (Å²) in [6.07, 6.45) is 1.49. The van der Waals surface area contributed by atoms with Crippen LogP contribution in [0.25, 0.3) is 10.9 Å². The number of benzene rings is 1. The summed E-state index contributed by atoms with van der Waals surface area (Å²) in [5.74, 6) is 0. The minimum atomic E-state index is -5.24. The zero-order valence-corrected chi connectivity index (χ0v) is 13.9. The summed E-state index contributed by atoms with van der Waals surface area (Å²) in [5, 5.41) is 8.01. The van der Waals surface area contributed by atoms with Crippen LogP contribution in [0.1, 0.15) is 5.56 Å². The van der Waals surface area contributed by atoms with Gasteiger partial charge in [0.05, 0.1) is 0 Å². The first-order valence-corrected chi connectivity index (χ1v) is 10.1. The molecular formula is C13H18NO6P2+. The highest BCUT2D eigenvalue weighted by Gasteiger charge is 2.60. The Labute approximate surface area is 127 Å². The van der Waals surface area contributed by atoms with Crippen LogP contribution in [0.4, 0.5) is 0 Å². The molecular weight excluding hydrogens is 328 g/mol. The van der Waals surface area contributed by atoms with Crippen molar-refractivity contribution in [1.29, 1.82) is 0 Å². The van der Waals surface area contributed by atoms with Crippen LogP contribution in [0.5, 0.6) is 0 Å². The smallest absolute Gasteiger partial charge is 0.365 e. The highest BCUT2D eigenvalue weighted by molar-refractivity contribution is 7.74. The number of pyridine rings is 1. The second-order valence-electron chi connectivity index (χ2n) is 5.40. The first kappa shape index (κ1) is 17.3. The van der Waals surface area contributed by atoms with Crippen LogP contribution in [0.3, 0.4) is 0 Å². The third kappa shape index (κ3) is 3.01. The fourth-order valence-electron chi connectivity index (χ4n) is 2.23. The molecule has 0 saturated carbocycles. The third-order valence-electron chi connectivity index (χ3n) is 3.55. The molecule has 2 aromatic rings. The van der Waals surface area contributed by atoms with Crippen LogP contribution in [0, 0.1) is 6.92 Å². The van der Waals surface area contributed by atoms with E-state index in [0.717, 1.165) is 17.6 Å².